The van der Waals surface area contributed by atoms with E-state index in [1.807, 2.05) is 0 Å². The molecule has 7 heavy (non-hydrogen) atoms. The zero-order valence-corrected chi connectivity index (χ0v) is 5.95. The van der Waals surface area contributed by atoms with Crippen molar-refractivity contribution in [2.75, 3.05) is 0 Å². The Morgan fingerprint density at radius 1 is 1.71 bits per heavy atom. The molecule has 0 aromatic carbocycles. The summed E-state index contributed by atoms with van der Waals surface area (Å²) in [5.74, 6) is 5.27. The van der Waals surface area contributed by atoms with Crippen molar-refractivity contribution in [3.05, 3.63) is 0 Å². The molecule has 0 spiro atoms. The van der Waals surface area contributed by atoms with Gasteiger partial charge in [0.05, 0.1) is 0 Å². The topological polar surface area (TPSA) is 63.1 Å². The van der Waals surface area contributed by atoms with Crippen LogP contribution in [-0.2, 0) is 0 Å². The van der Waals surface area contributed by atoms with Gasteiger partial charge in [-0.2, -0.15) is 5.10 Å². The summed E-state index contributed by atoms with van der Waals surface area (Å²) >= 11 is 1.75. The first-order chi connectivity index (χ1) is 3.31. The standard InChI is InChI=1S/C2H5IN4/c1-2(5-4)6-7-3/h4H2,1H3/b5-2-,7-6-. The van der Waals surface area contributed by atoms with Gasteiger partial charge in [-0.05, 0) is 6.92 Å². The van der Waals surface area contributed by atoms with Crippen LogP contribution in [0, 0.1) is 0 Å². The van der Waals surface area contributed by atoms with E-state index in [-0.39, 0.29) is 0 Å². The van der Waals surface area contributed by atoms with Crippen LogP contribution in [0.4, 0.5) is 0 Å². The van der Waals surface area contributed by atoms with Crippen LogP contribution in [0.2, 0.25) is 0 Å². The molecule has 0 rings (SSSR count). The van der Waals surface area contributed by atoms with Gasteiger partial charge in [0.2, 0.25) is 0 Å². The van der Waals surface area contributed by atoms with E-state index in [9.17, 15) is 0 Å². The molecule has 0 saturated heterocycles. The first kappa shape index (κ1) is 6.80. The normalized spacial score (nSPS) is 13.1. The monoisotopic (exact) mass is 212 g/mol. The molecule has 4 nitrogen and oxygen atoms in total. The molecule has 0 aliphatic heterocycles. The number of nitrogens with zero attached hydrogens (tertiary/aromatic N) is 3. The van der Waals surface area contributed by atoms with Gasteiger partial charge in [-0.25, -0.2) is 0 Å². The number of halogens is 1. The van der Waals surface area contributed by atoms with Gasteiger partial charge in [0.25, 0.3) is 0 Å². The lowest BCUT2D eigenvalue weighted by Gasteiger charge is -1.77. The Morgan fingerprint density at radius 3 is 2.43 bits per heavy atom. The molecular weight excluding hydrogens is 207 g/mol. The molecule has 0 aromatic heterocycles. The highest BCUT2D eigenvalue weighted by Crippen LogP contribution is 1.85. The molecule has 0 aliphatic carbocycles. The Morgan fingerprint density at radius 2 is 2.29 bits per heavy atom. The van der Waals surface area contributed by atoms with E-state index in [4.69, 9.17) is 5.84 Å². The van der Waals surface area contributed by atoms with Gasteiger partial charge in [0, 0.05) is 0 Å². The Kier molecular flexibility index (Phi) is 3.86. The van der Waals surface area contributed by atoms with E-state index in [0.29, 0.717) is 5.84 Å². The van der Waals surface area contributed by atoms with Crippen molar-refractivity contribution in [1.29, 1.82) is 0 Å². The van der Waals surface area contributed by atoms with Crippen LogP contribution in [0.5, 0.6) is 0 Å². The van der Waals surface area contributed by atoms with Crippen LogP contribution in [0.25, 0.3) is 0 Å². The summed E-state index contributed by atoms with van der Waals surface area (Å²) in [5, 5.41) is 6.71. The fraction of sp³-hybridized carbons (Fsp3) is 0.500. The number of nitrogens with two attached hydrogens (primary N) is 1. The van der Waals surface area contributed by atoms with Gasteiger partial charge in [0.15, 0.2) is 5.84 Å². The predicted octanol–water partition coefficient (Wildman–Crippen LogP) is 1.08. The van der Waals surface area contributed by atoms with Gasteiger partial charge >= 0.3 is 0 Å². The molecule has 0 bridgehead atoms. The average Bonchev–Trinajstić information content (AvgIpc) is 1.68. The number of hydrogen-bond donors (Lipinski definition) is 1. The Hall–Kier alpha value is -0.200. The first-order valence-electron chi connectivity index (χ1n) is 1.57. The Labute approximate surface area is 55.4 Å². The van der Waals surface area contributed by atoms with Crippen LogP contribution in [0.1, 0.15) is 6.92 Å². The van der Waals surface area contributed by atoms with E-state index in [1.165, 1.54) is 0 Å². The summed E-state index contributed by atoms with van der Waals surface area (Å²) in [6, 6.07) is 0. The lowest BCUT2D eigenvalue weighted by Crippen LogP contribution is -1.88. The molecular formula is C2H5IN4. The summed E-state index contributed by atoms with van der Waals surface area (Å²) in [5.41, 5.74) is 0. The third-order valence-electron chi connectivity index (χ3n) is 0.369. The predicted molar refractivity (Wildman–Crippen MR) is 36.2 cm³/mol. The van der Waals surface area contributed by atoms with Gasteiger partial charge in [-0.3, -0.25) is 0 Å². The second kappa shape index (κ2) is 3.97. The molecule has 2 N–H and O–H groups in total. The second-order valence-corrected chi connectivity index (χ2v) is 1.28. The summed E-state index contributed by atoms with van der Waals surface area (Å²) < 4.78 is 3.39. The minimum Gasteiger partial charge on any atom is -0.321 e. The van der Waals surface area contributed by atoms with Crippen molar-refractivity contribution in [2.24, 2.45) is 19.4 Å². The lowest BCUT2D eigenvalue weighted by atomic mass is 10.7. The molecule has 0 aromatic rings. The fourth-order valence-electron chi connectivity index (χ4n) is 0.0805. The summed E-state index contributed by atoms with van der Waals surface area (Å²) in [4.78, 5) is 0. The maximum Gasteiger partial charge on any atom is 0.167 e. The highest BCUT2D eigenvalue weighted by atomic mass is 127. The van der Waals surface area contributed by atoms with E-state index in [2.05, 4.69) is 13.5 Å². The highest BCUT2D eigenvalue weighted by Gasteiger charge is 1.76. The Bertz CT molecular complexity index is 95.9. The third kappa shape index (κ3) is 3.64. The molecule has 0 aliphatic rings. The number of rotatable bonds is 0. The van der Waals surface area contributed by atoms with Crippen LogP contribution < -0.4 is 5.84 Å². The third-order valence-corrected chi connectivity index (χ3v) is 0.585. The number of hydrogen-bond acceptors (Lipinski definition) is 3. The van der Waals surface area contributed by atoms with Crippen molar-refractivity contribution in [3.8, 4) is 0 Å². The first-order valence-corrected chi connectivity index (χ1v) is 2.54. The van der Waals surface area contributed by atoms with Crippen molar-refractivity contribution >= 4 is 28.7 Å². The van der Waals surface area contributed by atoms with E-state index < -0.39 is 0 Å². The summed E-state index contributed by atoms with van der Waals surface area (Å²) in [6.45, 7) is 1.67. The van der Waals surface area contributed by atoms with Crippen molar-refractivity contribution in [2.45, 2.75) is 6.92 Å². The molecule has 0 radical (unpaired) electrons. The molecule has 0 unspecified atom stereocenters. The van der Waals surface area contributed by atoms with Gasteiger partial charge in [0.1, 0.15) is 22.9 Å². The quantitative estimate of drug-likeness (QED) is 0.160. The maximum absolute atomic E-state index is 4.79. The van der Waals surface area contributed by atoms with Crippen LogP contribution in [0.3, 0.4) is 0 Å². The van der Waals surface area contributed by atoms with Crippen LogP contribution in [-0.4, -0.2) is 5.84 Å². The maximum atomic E-state index is 4.79. The van der Waals surface area contributed by atoms with E-state index >= 15 is 0 Å². The minimum atomic E-state index is 0.481. The molecule has 0 saturated carbocycles. The number of amidine groups is 1. The minimum absolute atomic E-state index is 0.481. The Balaban J connectivity index is 3.58. The lowest BCUT2D eigenvalue weighted by molar-refractivity contribution is 1.20. The average molecular weight is 212 g/mol. The summed E-state index contributed by atoms with van der Waals surface area (Å²) in [7, 11) is 0. The molecule has 40 valence electrons. The smallest absolute Gasteiger partial charge is 0.167 e. The van der Waals surface area contributed by atoms with Crippen molar-refractivity contribution < 1.29 is 0 Å². The van der Waals surface area contributed by atoms with Gasteiger partial charge in [-0.15, -0.1) is 8.44 Å². The van der Waals surface area contributed by atoms with E-state index in [1.54, 1.807) is 29.8 Å². The summed E-state index contributed by atoms with van der Waals surface area (Å²) in [6.07, 6.45) is 0. The highest BCUT2D eigenvalue weighted by molar-refractivity contribution is 14.1. The van der Waals surface area contributed by atoms with E-state index in [0.717, 1.165) is 0 Å². The fourth-order valence-corrected chi connectivity index (χ4v) is 0.393. The second-order valence-electron chi connectivity index (χ2n) is 0.852. The van der Waals surface area contributed by atoms with Crippen molar-refractivity contribution in [3.63, 3.8) is 0 Å². The van der Waals surface area contributed by atoms with Gasteiger partial charge in [-0.1, -0.05) is 0 Å². The number of hydrazone groups is 1. The van der Waals surface area contributed by atoms with Crippen LogP contribution in [0.15, 0.2) is 13.5 Å². The molecule has 5 heteroatoms. The largest absolute Gasteiger partial charge is 0.321 e. The molecule has 0 amide bonds. The zero-order chi connectivity index (χ0) is 5.70. The zero-order valence-electron chi connectivity index (χ0n) is 3.80. The molecule has 0 heterocycles. The van der Waals surface area contributed by atoms with Gasteiger partial charge < -0.3 is 5.84 Å². The van der Waals surface area contributed by atoms with Crippen molar-refractivity contribution in [1.82, 2.24) is 0 Å². The van der Waals surface area contributed by atoms with Crippen LogP contribution >= 0.6 is 22.9 Å². The molecule has 0 atom stereocenters. The SMILES string of the molecule is CC(/N=N\I)=N/N. The molecule has 0 fully saturated rings.